The largest absolute Gasteiger partial charge is 0.504 e. The number of hydrogen-bond donors (Lipinski definition) is 1. The predicted octanol–water partition coefficient (Wildman–Crippen LogP) is 1.88. The molecule has 0 aliphatic carbocycles. The molecule has 0 saturated heterocycles. The zero-order chi connectivity index (χ0) is 9.84. The van der Waals surface area contributed by atoms with Crippen LogP contribution in [0.2, 0.25) is 0 Å². The van der Waals surface area contributed by atoms with Gasteiger partial charge in [0.1, 0.15) is 0 Å². The molecule has 0 heterocycles. The van der Waals surface area contributed by atoms with Gasteiger partial charge in [-0.3, -0.25) is 4.79 Å². The third-order valence-electron chi connectivity index (χ3n) is 1.69. The number of carbonyl (C=O) groups excluding carboxylic acids is 1. The molecule has 0 unspecified atom stereocenters. The third kappa shape index (κ3) is 2.47. The first-order chi connectivity index (χ1) is 6.13. The average Bonchev–Trinajstić information content (AvgIpc) is 2.08. The van der Waals surface area contributed by atoms with E-state index >= 15 is 0 Å². The Morgan fingerprint density at radius 2 is 2.23 bits per heavy atom. The summed E-state index contributed by atoms with van der Waals surface area (Å²) < 4.78 is 4.80. The summed E-state index contributed by atoms with van der Waals surface area (Å²) in [7, 11) is 0. The minimum absolute atomic E-state index is 0.00704. The van der Waals surface area contributed by atoms with E-state index in [1.165, 1.54) is 13.0 Å². The molecule has 1 aromatic rings. The lowest BCUT2D eigenvalue weighted by molar-refractivity contribution is -0.132. The highest BCUT2D eigenvalue weighted by molar-refractivity contribution is 5.70. The molecule has 0 amide bonds. The molecule has 13 heavy (non-hydrogen) atoms. The fraction of sp³-hybridized carbons (Fsp3) is 0.300. The van der Waals surface area contributed by atoms with Crippen molar-refractivity contribution in [2.45, 2.75) is 20.3 Å². The molecular weight excluding hydrogens is 168 g/mol. The number of carbonyl (C=O) groups is 1. The van der Waals surface area contributed by atoms with E-state index in [4.69, 9.17) is 4.74 Å². The van der Waals surface area contributed by atoms with E-state index in [2.05, 4.69) is 0 Å². The quantitative estimate of drug-likeness (QED) is 0.558. The van der Waals surface area contributed by atoms with Crippen LogP contribution in [0.3, 0.4) is 0 Å². The van der Waals surface area contributed by atoms with Crippen molar-refractivity contribution in [1.29, 1.82) is 0 Å². The molecule has 70 valence electrons. The summed E-state index contributed by atoms with van der Waals surface area (Å²) in [5, 5.41) is 9.30. The van der Waals surface area contributed by atoms with Gasteiger partial charge in [0.05, 0.1) is 0 Å². The minimum atomic E-state index is -0.427. The molecule has 0 spiro atoms. The second-order valence-electron chi connectivity index (χ2n) is 2.75. The summed E-state index contributed by atoms with van der Waals surface area (Å²) in [6, 6.07) is 4.98. The third-order valence-corrected chi connectivity index (χ3v) is 1.69. The summed E-state index contributed by atoms with van der Waals surface area (Å²) in [5.74, 6) is -0.206. The Balaban J connectivity index is 2.96. The molecule has 0 fully saturated rings. The summed E-state index contributed by atoms with van der Waals surface area (Å²) >= 11 is 0. The first-order valence-corrected chi connectivity index (χ1v) is 4.13. The van der Waals surface area contributed by atoms with Crippen LogP contribution in [0.25, 0.3) is 0 Å². The van der Waals surface area contributed by atoms with Gasteiger partial charge in [-0.15, -0.1) is 0 Å². The minimum Gasteiger partial charge on any atom is -0.504 e. The van der Waals surface area contributed by atoms with E-state index < -0.39 is 5.97 Å². The van der Waals surface area contributed by atoms with Gasteiger partial charge < -0.3 is 9.84 Å². The van der Waals surface area contributed by atoms with Gasteiger partial charge in [0.15, 0.2) is 11.5 Å². The fourth-order valence-corrected chi connectivity index (χ4v) is 1.02. The van der Waals surface area contributed by atoms with Gasteiger partial charge in [0, 0.05) is 6.92 Å². The summed E-state index contributed by atoms with van der Waals surface area (Å²) in [5.41, 5.74) is 1.02. The van der Waals surface area contributed by atoms with E-state index in [1.807, 2.05) is 6.92 Å². The van der Waals surface area contributed by atoms with E-state index in [1.54, 1.807) is 12.1 Å². The maximum absolute atomic E-state index is 10.6. The molecule has 0 aromatic heterocycles. The molecule has 1 rings (SSSR count). The van der Waals surface area contributed by atoms with Crippen molar-refractivity contribution in [3.05, 3.63) is 23.8 Å². The van der Waals surface area contributed by atoms with Gasteiger partial charge in [-0.25, -0.2) is 0 Å². The number of ether oxygens (including phenoxy) is 1. The van der Waals surface area contributed by atoms with Crippen molar-refractivity contribution in [2.75, 3.05) is 0 Å². The molecule has 0 radical (unpaired) electrons. The van der Waals surface area contributed by atoms with Gasteiger partial charge in [-0.05, 0) is 24.1 Å². The van der Waals surface area contributed by atoms with Crippen LogP contribution in [-0.2, 0) is 11.2 Å². The number of phenolic OH excluding ortho intramolecular Hbond substituents is 1. The normalized spacial score (nSPS) is 9.69. The Labute approximate surface area is 77.0 Å². The molecule has 1 N–H and O–H groups in total. The Kier molecular flexibility index (Phi) is 2.90. The Morgan fingerprint density at radius 3 is 2.77 bits per heavy atom. The average molecular weight is 180 g/mol. The van der Waals surface area contributed by atoms with Crippen molar-refractivity contribution in [3.63, 3.8) is 0 Å². The summed E-state index contributed by atoms with van der Waals surface area (Å²) in [6.45, 7) is 3.29. The van der Waals surface area contributed by atoms with Crippen LogP contribution in [0.4, 0.5) is 0 Å². The highest BCUT2D eigenvalue weighted by Crippen LogP contribution is 2.26. The highest BCUT2D eigenvalue weighted by atomic mass is 16.5. The summed E-state index contributed by atoms with van der Waals surface area (Å²) in [4.78, 5) is 10.6. The lowest BCUT2D eigenvalue weighted by atomic mass is 10.1. The molecule has 3 nitrogen and oxygen atoms in total. The molecule has 1 aromatic carbocycles. The molecule has 3 heteroatoms. The zero-order valence-electron chi connectivity index (χ0n) is 7.70. The zero-order valence-corrected chi connectivity index (χ0v) is 7.70. The van der Waals surface area contributed by atoms with E-state index in [0.29, 0.717) is 0 Å². The van der Waals surface area contributed by atoms with Crippen LogP contribution >= 0.6 is 0 Å². The standard InChI is InChI=1S/C10H12O3/c1-3-8-4-5-9(12)10(6-8)13-7(2)11/h4-6,12H,3H2,1-2H3. The lowest BCUT2D eigenvalue weighted by Gasteiger charge is -2.05. The van der Waals surface area contributed by atoms with Crippen molar-refractivity contribution in [2.24, 2.45) is 0 Å². The van der Waals surface area contributed by atoms with Crippen molar-refractivity contribution in [1.82, 2.24) is 0 Å². The van der Waals surface area contributed by atoms with E-state index in [0.717, 1.165) is 12.0 Å². The molecular formula is C10H12O3. The smallest absolute Gasteiger partial charge is 0.308 e. The van der Waals surface area contributed by atoms with E-state index in [-0.39, 0.29) is 11.5 Å². The highest BCUT2D eigenvalue weighted by Gasteiger charge is 2.05. The molecule has 0 aliphatic rings. The maximum atomic E-state index is 10.6. The Hall–Kier alpha value is -1.51. The van der Waals surface area contributed by atoms with Crippen LogP contribution in [-0.4, -0.2) is 11.1 Å². The number of hydrogen-bond acceptors (Lipinski definition) is 3. The number of benzene rings is 1. The Morgan fingerprint density at radius 1 is 1.54 bits per heavy atom. The second-order valence-corrected chi connectivity index (χ2v) is 2.75. The number of aryl methyl sites for hydroxylation is 1. The van der Waals surface area contributed by atoms with Crippen molar-refractivity contribution in [3.8, 4) is 11.5 Å². The molecule has 0 aliphatic heterocycles. The van der Waals surface area contributed by atoms with Crippen LogP contribution in [0, 0.1) is 0 Å². The predicted molar refractivity (Wildman–Crippen MR) is 48.8 cm³/mol. The van der Waals surface area contributed by atoms with E-state index in [9.17, 15) is 9.90 Å². The summed E-state index contributed by atoms with van der Waals surface area (Å²) in [6.07, 6.45) is 0.842. The lowest BCUT2D eigenvalue weighted by Crippen LogP contribution is -2.01. The van der Waals surface area contributed by atoms with Crippen LogP contribution < -0.4 is 4.74 Å². The monoisotopic (exact) mass is 180 g/mol. The molecule has 0 saturated carbocycles. The topological polar surface area (TPSA) is 46.5 Å². The number of esters is 1. The van der Waals surface area contributed by atoms with Gasteiger partial charge in [-0.1, -0.05) is 13.0 Å². The molecule has 0 bridgehead atoms. The first kappa shape index (κ1) is 9.58. The fourth-order valence-electron chi connectivity index (χ4n) is 1.02. The van der Waals surface area contributed by atoms with Crippen LogP contribution in [0.15, 0.2) is 18.2 Å². The number of aromatic hydroxyl groups is 1. The number of phenols is 1. The SMILES string of the molecule is CCc1ccc(O)c(OC(C)=O)c1. The molecule has 0 atom stereocenters. The van der Waals surface area contributed by atoms with Gasteiger partial charge in [0.25, 0.3) is 0 Å². The van der Waals surface area contributed by atoms with Gasteiger partial charge in [0.2, 0.25) is 0 Å². The van der Waals surface area contributed by atoms with Crippen LogP contribution in [0.1, 0.15) is 19.4 Å². The Bertz CT molecular complexity index is 318. The van der Waals surface area contributed by atoms with Gasteiger partial charge >= 0.3 is 5.97 Å². The second kappa shape index (κ2) is 3.94. The van der Waals surface area contributed by atoms with Gasteiger partial charge in [-0.2, -0.15) is 0 Å². The first-order valence-electron chi connectivity index (χ1n) is 4.13. The number of rotatable bonds is 2. The maximum Gasteiger partial charge on any atom is 0.308 e. The van der Waals surface area contributed by atoms with Crippen LogP contribution in [0.5, 0.6) is 11.5 Å². The van der Waals surface area contributed by atoms with Crippen molar-refractivity contribution >= 4 is 5.97 Å². The van der Waals surface area contributed by atoms with Crippen molar-refractivity contribution < 1.29 is 14.6 Å².